The van der Waals surface area contributed by atoms with E-state index in [2.05, 4.69) is 15.2 Å². The zero-order valence-corrected chi connectivity index (χ0v) is 11.1. The predicted molar refractivity (Wildman–Crippen MR) is 73.6 cm³/mol. The molecule has 6 heteroatoms. The topological polar surface area (TPSA) is 82.8 Å². The lowest BCUT2D eigenvalue weighted by Crippen LogP contribution is -2.13. The van der Waals surface area contributed by atoms with Crippen molar-refractivity contribution in [2.45, 2.75) is 12.5 Å². The molecule has 1 aromatic carbocycles. The number of aromatic nitrogens is 4. The first kappa shape index (κ1) is 12.6. The summed E-state index contributed by atoms with van der Waals surface area (Å²) in [6.45, 7) is 0. The second-order valence-corrected chi connectivity index (χ2v) is 4.61. The fraction of sp³-hybridized carbons (Fsp3) is 0.214. The lowest BCUT2D eigenvalue weighted by molar-refractivity contribution is 0.370. The summed E-state index contributed by atoms with van der Waals surface area (Å²) in [5, 5.41) is 8.16. The second kappa shape index (κ2) is 5.26. The van der Waals surface area contributed by atoms with Crippen LogP contribution in [0.5, 0.6) is 0 Å². The van der Waals surface area contributed by atoms with Crippen LogP contribution in [0.25, 0.3) is 11.5 Å². The molecule has 0 saturated carbocycles. The van der Waals surface area contributed by atoms with Crippen LogP contribution in [0.2, 0.25) is 0 Å². The molecule has 1 unspecified atom stereocenters. The van der Waals surface area contributed by atoms with Crippen LogP contribution in [0, 0.1) is 0 Å². The van der Waals surface area contributed by atoms with Gasteiger partial charge in [0, 0.05) is 25.7 Å². The van der Waals surface area contributed by atoms with E-state index in [1.807, 2.05) is 49.6 Å². The number of aryl methyl sites for hydroxylation is 1. The van der Waals surface area contributed by atoms with Crippen molar-refractivity contribution in [3.63, 3.8) is 0 Å². The van der Waals surface area contributed by atoms with Gasteiger partial charge in [-0.15, -0.1) is 0 Å². The zero-order chi connectivity index (χ0) is 13.9. The van der Waals surface area contributed by atoms with Gasteiger partial charge in [0.2, 0.25) is 11.7 Å². The molecular weight excluding hydrogens is 254 g/mol. The number of rotatable bonds is 4. The maximum absolute atomic E-state index is 6.13. The molecule has 3 rings (SSSR count). The summed E-state index contributed by atoms with van der Waals surface area (Å²) in [6, 6.07) is 11.5. The third-order valence-electron chi connectivity index (χ3n) is 3.03. The minimum atomic E-state index is -0.159. The summed E-state index contributed by atoms with van der Waals surface area (Å²) in [5.41, 5.74) is 7.87. The standard InChI is InChI=1S/C14H15N5O/c1-19-8-7-12(17-19)14-16-13(20-18-14)9-11(15)10-5-3-2-4-6-10/h2-8,11H,9,15H2,1H3. The number of hydrogen-bond donors (Lipinski definition) is 1. The van der Waals surface area contributed by atoms with Crippen molar-refractivity contribution in [3.8, 4) is 11.5 Å². The van der Waals surface area contributed by atoms with Gasteiger partial charge in [-0.1, -0.05) is 35.5 Å². The fourth-order valence-electron chi connectivity index (χ4n) is 1.98. The normalized spacial score (nSPS) is 12.5. The molecule has 0 bridgehead atoms. The molecule has 0 aliphatic heterocycles. The summed E-state index contributed by atoms with van der Waals surface area (Å²) in [7, 11) is 1.84. The van der Waals surface area contributed by atoms with E-state index in [1.54, 1.807) is 4.68 Å². The molecule has 102 valence electrons. The Kier molecular flexibility index (Phi) is 3.30. The van der Waals surface area contributed by atoms with Gasteiger partial charge < -0.3 is 10.3 Å². The summed E-state index contributed by atoms with van der Waals surface area (Å²) in [5.74, 6) is 1.00. The Labute approximate surface area is 116 Å². The third-order valence-corrected chi connectivity index (χ3v) is 3.03. The van der Waals surface area contributed by atoms with Gasteiger partial charge in [0.25, 0.3) is 0 Å². The third kappa shape index (κ3) is 2.60. The maximum Gasteiger partial charge on any atom is 0.228 e. The van der Waals surface area contributed by atoms with E-state index in [9.17, 15) is 0 Å². The molecular formula is C14H15N5O. The first-order valence-electron chi connectivity index (χ1n) is 6.35. The van der Waals surface area contributed by atoms with E-state index < -0.39 is 0 Å². The smallest absolute Gasteiger partial charge is 0.228 e. The van der Waals surface area contributed by atoms with E-state index in [4.69, 9.17) is 10.3 Å². The van der Waals surface area contributed by atoms with Crippen LogP contribution in [0.1, 0.15) is 17.5 Å². The first-order chi connectivity index (χ1) is 9.72. The SMILES string of the molecule is Cn1ccc(-c2noc(CC(N)c3ccccc3)n2)n1. The van der Waals surface area contributed by atoms with Gasteiger partial charge in [-0.05, 0) is 11.6 Å². The van der Waals surface area contributed by atoms with Crippen LogP contribution in [-0.4, -0.2) is 19.9 Å². The van der Waals surface area contributed by atoms with Crippen LogP contribution >= 0.6 is 0 Å². The Morgan fingerprint density at radius 1 is 1.25 bits per heavy atom. The van der Waals surface area contributed by atoms with Crippen molar-refractivity contribution in [2.24, 2.45) is 12.8 Å². The lowest BCUT2D eigenvalue weighted by atomic mass is 10.1. The van der Waals surface area contributed by atoms with Crippen molar-refractivity contribution in [1.82, 2.24) is 19.9 Å². The minimum Gasteiger partial charge on any atom is -0.339 e. The van der Waals surface area contributed by atoms with Crippen LogP contribution in [0.15, 0.2) is 47.1 Å². The van der Waals surface area contributed by atoms with E-state index in [-0.39, 0.29) is 6.04 Å². The van der Waals surface area contributed by atoms with Crippen molar-refractivity contribution in [2.75, 3.05) is 0 Å². The van der Waals surface area contributed by atoms with Gasteiger partial charge in [0.1, 0.15) is 5.69 Å². The fourth-order valence-corrected chi connectivity index (χ4v) is 1.98. The Morgan fingerprint density at radius 3 is 2.75 bits per heavy atom. The molecule has 0 aliphatic rings. The highest BCUT2D eigenvalue weighted by Gasteiger charge is 2.14. The van der Waals surface area contributed by atoms with Gasteiger partial charge >= 0.3 is 0 Å². The molecule has 0 saturated heterocycles. The molecule has 0 radical (unpaired) electrons. The Balaban J connectivity index is 1.74. The summed E-state index contributed by atoms with van der Waals surface area (Å²) >= 11 is 0. The van der Waals surface area contributed by atoms with Crippen molar-refractivity contribution in [1.29, 1.82) is 0 Å². The second-order valence-electron chi connectivity index (χ2n) is 4.61. The van der Waals surface area contributed by atoms with Gasteiger partial charge in [-0.2, -0.15) is 10.1 Å². The molecule has 2 heterocycles. The van der Waals surface area contributed by atoms with E-state index in [0.717, 1.165) is 5.56 Å². The Hall–Kier alpha value is -2.47. The van der Waals surface area contributed by atoms with Crippen LogP contribution in [0.4, 0.5) is 0 Å². The predicted octanol–water partition coefficient (Wildman–Crippen LogP) is 1.71. The summed E-state index contributed by atoms with van der Waals surface area (Å²) in [4.78, 5) is 4.33. The number of nitrogens with zero attached hydrogens (tertiary/aromatic N) is 4. The van der Waals surface area contributed by atoms with Gasteiger partial charge in [0.15, 0.2) is 0 Å². The lowest BCUT2D eigenvalue weighted by Gasteiger charge is -2.08. The molecule has 2 N–H and O–H groups in total. The molecule has 0 aliphatic carbocycles. The monoisotopic (exact) mass is 269 g/mol. The number of benzene rings is 1. The van der Waals surface area contributed by atoms with Crippen LogP contribution < -0.4 is 5.73 Å². The van der Waals surface area contributed by atoms with Gasteiger partial charge in [-0.3, -0.25) is 4.68 Å². The van der Waals surface area contributed by atoms with Gasteiger partial charge in [0.05, 0.1) is 0 Å². The van der Waals surface area contributed by atoms with Crippen LogP contribution in [0.3, 0.4) is 0 Å². The number of nitrogens with two attached hydrogens (primary N) is 1. The molecule has 3 aromatic rings. The largest absolute Gasteiger partial charge is 0.339 e. The molecule has 0 spiro atoms. The molecule has 6 nitrogen and oxygen atoms in total. The molecule has 20 heavy (non-hydrogen) atoms. The molecule has 2 aromatic heterocycles. The average Bonchev–Trinajstić information content (AvgIpc) is 3.09. The maximum atomic E-state index is 6.13. The highest BCUT2D eigenvalue weighted by Crippen LogP contribution is 2.17. The molecule has 0 amide bonds. The van der Waals surface area contributed by atoms with E-state index in [1.165, 1.54) is 0 Å². The molecule has 0 fully saturated rings. The zero-order valence-electron chi connectivity index (χ0n) is 11.1. The average molecular weight is 269 g/mol. The van der Waals surface area contributed by atoms with E-state index >= 15 is 0 Å². The molecule has 1 atom stereocenters. The Morgan fingerprint density at radius 2 is 2.05 bits per heavy atom. The van der Waals surface area contributed by atoms with Gasteiger partial charge in [-0.25, -0.2) is 0 Å². The first-order valence-corrected chi connectivity index (χ1v) is 6.35. The summed E-state index contributed by atoms with van der Waals surface area (Å²) in [6.07, 6.45) is 2.34. The minimum absolute atomic E-state index is 0.159. The number of hydrogen-bond acceptors (Lipinski definition) is 5. The summed E-state index contributed by atoms with van der Waals surface area (Å²) < 4.78 is 6.93. The van der Waals surface area contributed by atoms with Crippen molar-refractivity contribution < 1.29 is 4.52 Å². The van der Waals surface area contributed by atoms with E-state index in [0.29, 0.717) is 23.8 Å². The Bertz CT molecular complexity index is 688. The van der Waals surface area contributed by atoms with Crippen molar-refractivity contribution >= 4 is 0 Å². The van der Waals surface area contributed by atoms with Crippen LogP contribution in [-0.2, 0) is 13.5 Å². The quantitative estimate of drug-likeness (QED) is 0.779. The van der Waals surface area contributed by atoms with Crippen molar-refractivity contribution in [3.05, 3.63) is 54.0 Å². The highest BCUT2D eigenvalue weighted by atomic mass is 16.5. The highest BCUT2D eigenvalue weighted by molar-refractivity contribution is 5.46.